The maximum absolute atomic E-state index is 12.3. The third-order valence-corrected chi connectivity index (χ3v) is 4.87. The highest BCUT2D eigenvalue weighted by atomic mass is 16.5. The number of amides is 1. The molecule has 1 amide bonds. The molecule has 0 aliphatic carbocycles. The third kappa shape index (κ3) is 4.66. The number of rotatable bonds is 7. The van der Waals surface area contributed by atoms with Crippen LogP contribution >= 0.6 is 0 Å². The van der Waals surface area contributed by atoms with Crippen LogP contribution in [0.5, 0.6) is 5.75 Å². The summed E-state index contributed by atoms with van der Waals surface area (Å²) in [5.41, 5.74) is 3.17. The van der Waals surface area contributed by atoms with E-state index in [1.54, 1.807) is 0 Å². The van der Waals surface area contributed by atoms with Gasteiger partial charge in [0.25, 0.3) is 5.91 Å². The van der Waals surface area contributed by atoms with E-state index in [0.29, 0.717) is 18.8 Å². The van der Waals surface area contributed by atoms with E-state index in [1.807, 2.05) is 42.5 Å². The molecular weight excluding hydrogens is 368 g/mol. The summed E-state index contributed by atoms with van der Waals surface area (Å²) < 4.78 is 10.9. The lowest BCUT2D eigenvalue weighted by Gasteiger charge is -2.18. The molecule has 0 saturated heterocycles. The van der Waals surface area contributed by atoms with Crippen molar-refractivity contribution in [1.29, 1.82) is 0 Å². The Balaban J connectivity index is 1.31. The van der Waals surface area contributed by atoms with Crippen LogP contribution in [0.2, 0.25) is 0 Å². The number of benzene rings is 2. The first kappa shape index (κ1) is 18.8. The predicted molar refractivity (Wildman–Crippen MR) is 110 cm³/mol. The highest BCUT2D eigenvalue weighted by molar-refractivity contribution is 5.77. The fourth-order valence-corrected chi connectivity index (χ4v) is 3.38. The molecule has 2 aromatic carbocycles. The van der Waals surface area contributed by atoms with Crippen molar-refractivity contribution in [2.45, 2.75) is 19.5 Å². The van der Waals surface area contributed by atoms with E-state index >= 15 is 0 Å². The molecule has 2 heterocycles. The average Bonchev–Trinajstić information content (AvgIpc) is 3.15. The Bertz CT molecular complexity index is 1050. The summed E-state index contributed by atoms with van der Waals surface area (Å²) in [6, 6.07) is 19.2. The van der Waals surface area contributed by atoms with Crippen LogP contribution in [0.4, 0.5) is 5.69 Å². The van der Waals surface area contributed by atoms with E-state index in [4.69, 9.17) is 9.15 Å². The second-order valence-corrected chi connectivity index (χ2v) is 6.93. The van der Waals surface area contributed by atoms with Gasteiger partial charge in [-0.3, -0.25) is 9.59 Å². The normalized spacial score (nSPS) is 12.5. The fraction of sp³-hybridized carbons (Fsp3) is 0.217. The van der Waals surface area contributed by atoms with Gasteiger partial charge in [-0.25, -0.2) is 0 Å². The van der Waals surface area contributed by atoms with Crippen LogP contribution in [0.25, 0.3) is 0 Å². The first-order chi connectivity index (χ1) is 14.2. The van der Waals surface area contributed by atoms with E-state index in [-0.39, 0.29) is 23.7 Å². The minimum Gasteiger partial charge on any atom is -0.477 e. The number of nitrogens with one attached hydrogen (secondary N) is 1. The van der Waals surface area contributed by atoms with Gasteiger partial charge in [-0.05, 0) is 23.6 Å². The summed E-state index contributed by atoms with van der Waals surface area (Å²) in [6.45, 7) is 1.58. The molecule has 4 rings (SSSR count). The molecule has 148 valence electrons. The summed E-state index contributed by atoms with van der Waals surface area (Å²) in [6.07, 6.45) is 2.27. The molecule has 3 aromatic rings. The lowest BCUT2D eigenvalue weighted by Crippen LogP contribution is -2.29. The number of fused-ring (bicyclic) bond motifs is 1. The molecular formula is C23H22N2O4. The van der Waals surface area contributed by atoms with Crippen molar-refractivity contribution < 1.29 is 13.9 Å². The molecule has 0 spiro atoms. The van der Waals surface area contributed by atoms with E-state index in [0.717, 1.165) is 18.5 Å². The fourth-order valence-electron chi connectivity index (χ4n) is 3.38. The van der Waals surface area contributed by atoms with Crippen molar-refractivity contribution in [3.8, 4) is 5.75 Å². The van der Waals surface area contributed by atoms with Gasteiger partial charge in [-0.2, -0.15) is 0 Å². The molecule has 0 radical (unpaired) electrons. The van der Waals surface area contributed by atoms with Gasteiger partial charge in [0, 0.05) is 24.8 Å². The molecule has 29 heavy (non-hydrogen) atoms. The molecule has 1 N–H and O–H groups in total. The lowest BCUT2D eigenvalue weighted by atomic mass is 10.2. The van der Waals surface area contributed by atoms with Crippen LogP contribution in [-0.4, -0.2) is 19.1 Å². The number of hydrogen-bond donors (Lipinski definition) is 1. The topological polar surface area (TPSA) is 71.8 Å². The maximum atomic E-state index is 12.3. The number of carbonyl (C=O) groups is 1. The standard InChI is InChI=1S/C23H22N2O4/c26-21-12-19(14-25-11-10-18-8-4-5-9-20(18)25)28-15-22(21)29-16-23(27)24-13-17-6-2-1-3-7-17/h1-9,12,15H,10-11,13-14,16H2,(H,24,27). The quantitative estimate of drug-likeness (QED) is 0.672. The molecule has 6 nitrogen and oxygen atoms in total. The minimum absolute atomic E-state index is 0.0328. The Morgan fingerprint density at radius 3 is 2.72 bits per heavy atom. The summed E-state index contributed by atoms with van der Waals surface area (Å²) >= 11 is 0. The van der Waals surface area contributed by atoms with Crippen molar-refractivity contribution in [1.82, 2.24) is 5.32 Å². The summed E-state index contributed by atoms with van der Waals surface area (Å²) in [5, 5.41) is 2.75. The van der Waals surface area contributed by atoms with Crippen molar-refractivity contribution >= 4 is 11.6 Å². The Kier molecular flexibility index (Phi) is 5.61. The Morgan fingerprint density at radius 1 is 1.10 bits per heavy atom. The molecule has 0 unspecified atom stereocenters. The van der Waals surface area contributed by atoms with E-state index in [1.165, 1.54) is 23.6 Å². The third-order valence-electron chi connectivity index (χ3n) is 4.87. The lowest BCUT2D eigenvalue weighted by molar-refractivity contribution is -0.123. The second-order valence-electron chi connectivity index (χ2n) is 6.93. The highest BCUT2D eigenvalue weighted by Gasteiger charge is 2.19. The number of nitrogens with zero attached hydrogens (tertiary/aromatic N) is 1. The van der Waals surface area contributed by atoms with Gasteiger partial charge in [0.1, 0.15) is 12.0 Å². The van der Waals surface area contributed by atoms with Crippen LogP contribution in [-0.2, 0) is 24.3 Å². The number of carbonyl (C=O) groups excluding carboxylic acids is 1. The smallest absolute Gasteiger partial charge is 0.258 e. The maximum Gasteiger partial charge on any atom is 0.258 e. The van der Waals surface area contributed by atoms with Gasteiger partial charge in [0.05, 0.1) is 6.54 Å². The molecule has 1 aromatic heterocycles. The van der Waals surface area contributed by atoms with E-state index in [2.05, 4.69) is 22.3 Å². The molecule has 6 heteroatoms. The average molecular weight is 390 g/mol. The number of ether oxygens (including phenoxy) is 1. The Morgan fingerprint density at radius 2 is 1.90 bits per heavy atom. The first-order valence-electron chi connectivity index (χ1n) is 9.57. The van der Waals surface area contributed by atoms with Gasteiger partial charge in [0.15, 0.2) is 6.61 Å². The van der Waals surface area contributed by atoms with Gasteiger partial charge in [-0.15, -0.1) is 0 Å². The van der Waals surface area contributed by atoms with E-state index in [9.17, 15) is 9.59 Å². The zero-order chi connectivity index (χ0) is 20.1. The zero-order valence-corrected chi connectivity index (χ0v) is 16.0. The minimum atomic E-state index is -0.300. The molecule has 0 saturated carbocycles. The van der Waals surface area contributed by atoms with Crippen LogP contribution in [0.3, 0.4) is 0 Å². The Hall–Kier alpha value is -3.54. The van der Waals surface area contributed by atoms with Gasteiger partial charge in [0.2, 0.25) is 11.2 Å². The number of hydrogen-bond acceptors (Lipinski definition) is 5. The van der Waals surface area contributed by atoms with Gasteiger partial charge < -0.3 is 19.4 Å². The van der Waals surface area contributed by atoms with Crippen LogP contribution in [0.1, 0.15) is 16.9 Å². The molecule has 1 aliphatic heterocycles. The molecule has 0 atom stereocenters. The Labute approximate surface area is 168 Å². The van der Waals surface area contributed by atoms with Crippen LogP contribution in [0.15, 0.2) is 76.1 Å². The van der Waals surface area contributed by atoms with Gasteiger partial charge >= 0.3 is 0 Å². The molecule has 0 fully saturated rings. The second kappa shape index (κ2) is 8.65. The van der Waals surface area contributed by atoms with Crippen molar-refractivity contribution in [2.24, 2.45) is 0 Å². The van der Waals surface area contributed by atoms with Crippen molar-refractivity contribution in [2.75, 3.05) is 18.1 Å². The number of anilines is 1. The van der Waals surface area contributed by atoms with E-state index < -0.39 is 0 Å². The summed E-state index contributed by atoms with van der Waals surface area (Å²) in [7, 11) is 0. The van der Waals surface area contributed by atoms with Crippen molar-refractivity contribution in [3.05, 3.63) is 94.0 Å². The van der Waals surface area contributed by atoms with Crippen LogP contribution in [0, 0.1) is 0 Å². The monoisotopic (exact) mass is 390 g/mol. The van der Waals surface area contributed by atoms with Crippen molar-refractivity contribution in [3.63, 3.8) is 0 Å². The largest absolute Gasteiger partial charge is 0.477 e. The number of para-hydroxylation sites is 1. The van der Waals surface area contributed by atoms with Crippen LogP contribution < -0.4 is 20.4 Å². The summed E-state index contributed by atoms with van der Waals surface area (Å²) in [4.78, 5) is 26.4. The highest BCUT2D eigenvalue weighted by Crippen LogP contribution is 2.28. The molecule has 1 aliphatic rings. The summed E-state index contributed by atoms with van der Waals surface area (Å²) in [5.74, 6) is 0.295. The molecule has 0 bridgehead atoms. The first-order valence-corrected chi connectivity index (χ1v) is 9.57. The zero-order valence-electron chi connectivity index (χ0n) is 16.0. The van der Waals surface area contributed by atoms with Gasteiger partial charge in [-0.1, -0.05) is 48.5 Å². The predicted octanol–water partition coefficient (Wildman–Crippen LogP) is 2.90. The SMILES string of the molecule is O=C(COc1coc(CN2CCc3ccccc32)cc1=O)NCc1ccccc1.